The van der Waals surface area contributed by atoms with Gasteiger partial charge in [0.05, 0.1) is 23.5 Å². The van der Waals surface area contributed by atoms with Crippen LogP contribution in [0, 0.1) is 0 Å². The molecular formula is C13H11N3O3S. The van der Waals surface area contributed by atoms with E-state index in [2.05, 4.69) is 10.3 Å². The van der Waals surface area contributed by atoms with Gasteiger partial charge in [-0.3, -0.25) is 9.59 Å². The minimum Gasteiger partial charge on any atom is -0.481 e. The normalized spacial score (nSPS) is 13.8. The van der Waals surface area contributed by atoms with Gasteiger partial charge < -0.3 is 15.3 Å². The number of carboxylic acids is 1. The highest BCUT2D eigenvalue weighted by Crippen LogP contribution is 2.36. The van der Waals surface area contributed by atoms with E-state index < -0.39 is 5.97 Å². The van der Waals surface area contributed by atoms with E-state index in [0.717, 1.165) is 11.4 Å². The Balaban J connectivity index is 1.95. The number of benzene rings is 1. The second-order valence-corrected chi connectivity index (χ2v) is 5.18. The molecule has 0 spiro atoms. The van der Waals surface area contributed by atoms with Crippen LogP contribution in [0.25, 0.3) is 0 Å². The molecule has 0 saturated carbocycles. The third-order valence-electron chi connectivity index (χ3n) is 2.87. The van der Waals surface area contributed by atoms with Crippen LogP contribution in [0.4, 0.5) is 16.5 Å². The first-order valence-electron chi connectivity index (χ1n) is 5.96. The molecule has 6 nitrogen and oxygen atoms in total. The number of rotatable bonds is 3. The highest BCUT2D eigenvalue weighted by atomic mass is 32.1. The van der Waals surface area contributed by atoms with E-state index in [9.17, 15) is 9.59 Å². The van der Waals surface area contributed by atoms with Gasteiger partial charge in [0.1, 0.15) is 6.54 Å². The summed E-state index contributed by atoms with van der Waals surface area (Å²) >= 11 is 1.34. The van der Waals surface area contributed by atoms with Gasteiger partial charge in [-0.15, -0.1) is 11.3 Å². The molecule has 1 amide bonds. The first kappa shape index (κ1) is 12.6. The molecule has 2 heterocycles. The van der Waals surface area contributed by atoms with Gasteiger partial charge in [0.15, 0.2) is 5.13 Å². The third kappa shape index (κ3) is 2.35. The highest BCUT2D eigenvalue weighted by Gasteiger charge is 2.24. The topological polar surface area (TPSA) is 82.5 Å². The van der Waals surface area contributed by atoms with Crippen LogP contribution in [0.15, 0.2) is 29.6 Å². The van der Waals surface area contributed by atoms with Crippen LogP contribution < -0.4 is 10.2 Å². The summed E-state index contributed by atoms with van der Waals surface area (Å²) in [5, 5.41) is 13.9. The molecule has 2 aromatic rings. The maximum Gasteiger partial charge on any atom is 0.309 e. The smallest absolute Gasteiger partial charge is 0.309 e. The third-order valence-corrected chi connectivity index (χ3v) is 3.79. The Morgan fingerprint density at radius 2 is 2.25 bits per heavy atom. The Labute approximate surface area is 118 Å². The average molecular weight is 289 g/mol. The Hall–Kier alpha value is -2.41. The lowest BCUT2D eigenvalue weighted by Gasteiger charge is -2.28. The van der Waals surface area contributed by atoms with Crippen molar-refractivity contribution < 1.29 is 14.7 Å². The van der Waals surface area contributed by atoms with Gasteiger partial charge in [-0.2, -0.15) is 0 Å². The van der Waals surface area contributed by atoms with E-state index in [0.29, 0.717) is 10.8 Å². The van der Waals surface area contributed by atoms with E-state index in [1.807, 2.05) is 24.3 Å². The van der Waals surface area contributed by atoms with Gasteiger partial charge in [-0.25, -0.2) is 4.98 Å². The Bertz CT molecular complexity index is 683. The zero-order chi connectivity index (χ0) is 14.1. The second kappa shape index (κ2) is 4.93. The van der Waals surface area contributed by atoms with Crippen LogP contribution in [-0.2, 0) is 16.0 Å². The molecule has 1 aliphatic heterocycles. The number of nitrogens with one attached hydrogen (secondary N) is 1. The summed E-state index contributed by atoms with van der Waals surface area (Å²) in [6.07, 6.45) is -0.113. The number of nitrogens with zero attached hydrogens (tertiary/aromatic N) is 2. The van der Waals surface area contributed by atoms with Crippen molar-refractivity contribution in [3.8, 4) is 0 Å². The van der Waals surface area contributed by atoms with E-state index in [1.165, 1.54) is 11.3 Å². The molecule has 0 bridgehead atoms. The standard InChI is InChI=1S/C13H11N3O3S/c17-11-6-16(10-4-2-1-3-9(10)15-11)13-14-8(7-20-13)5-12(18)19/h1-4,7H,5-6H2,(H,15,17)(H,18,19). The first-order chi connectivity index (χ1) is 9.63. The molecule has 3 rings (SSSR count). The number of thiazole rings is 1. The number of amides is 1. The molecule has 102 valence electrons. The van der Waals surface area contributed by atoms with Gasteiger partial charge in [-0.05, 0) is 12.1 Å². The van der Waals surface area contributed by atoms with Crippen molar-refractivity contribution >= 4 is 39.7 Å². The summed E-state index contributed by atoms with van der Waals surface area (Å²) in [5.74, 6) is -1.03. The van der Waals surface area contributed by atoms with Crippen molar-refractivity contribution in [2.75, 3.05) is 16.8 Å². The summed E-state index contributed by atoms with van der Waals surface area (Å²) in [6.45, 7) is 0.178. The number of aromatic nitrogens is 1. The van der Waals surface area contributed by atoms with Crippen LogP contribution in [0.1, 0.15) is 5.69 Å². The predicted molar refractivity (Wildman–Crippen MR) is 75.5 cm³/mol. The number of carbonyl (C=O) groups excluding carboxylic acids is 1. The van der Waals surface area contributed by atoms with Gasteiger partial charge in [0, 0.05) is 5.38 Å². The maximum atomic E-state index is 11.7. The van der Waals surface area contributed by atoms with E-state index >= 15 is 0 Å². The van der Waals surface area contributed by atoms with Crippen molar-refractivity contribution in [1.29, 1.82) is 0 Å². The summed E-state index contributed by atoms with van der Waals surface area (Å²) < 4.78 is 0. The van der Waals surface area contributed by atoms with Crippen LogP contribution in [0.2, 0.25) is 0 Å². The van der Waals surface area contributed by atoms with E-state index in [1.54, 1.807) is 10.3 Å². The number of aliphatic carboxylic acids is 1. The zero-order valence-corrected chi connectivity index (χ0v) is 11.2. The molecule has 20 heavy (non-hydrogen) atoms. The van der Waals surface area contributed by atoms with Crippen molar-refractivity contribution in [2.24, 2.45) is 0 Å². The fourth-order valence-electron chi connectivity index (χ4n) is 2.06. The molecule has 7 heteroatoms. The van der Waals surface area contributed by atoms with Gasteiger partial charge in [-0.1, -0.05) is 12.1 Å². The molecule has 0 saturated heterocycles. The van der Waals surface area contributed by atoms with Crippen LogP contribution in [-0.4, -0.2) is 28.5 Å². The van der Waals surface area contributed by atoms with Crippen LogP contribution >= 0.6 is 11.3 Å². The summed E-state index contributed by atoms with van der Waals surface area (Å²) in [6, 6.07) is 7.45. The monoisotopic (exact) mass is 289 g/mol. The minimum absolute atomic E-state index is 0.112. The number of carbonyl (C=O) groups is 2. The Morgan fingerprint density at radius 1 is 1.45 bits per heavy atom. The second-order valence-electron chi connectivity index (χ2n) is 4.34. The minimum atomic E-state index is -0.918. The first-order valence-corrected chi connectivity index (χ1v) is 6.84. The molecule has 0 aliphatic carbocycles. The molecular weight excluding hydrogens is 278 g/mol. The fraction of sp³-hybridized carbons (Fsp3) is 0.154. The van der Waals surface area contributed by atoms with Crippen LogP contribution in [0.5, 0.6) is 0 Å². The van der Waals surface area contributed by atoms with Crippen molar-refractivity contribution in [3.05, 3.63) is 35.3 Å². The summed E-state index contributed by atoms with van der Waals surface area (Å²) in [4.78, 5) is 28.5. The van der Waals surface area contributed by atoms with Gasteiger partial charge in [0.25, 0.3) is 0 Å². The quantitative estimate of drug-likeness (QED) is 0.901. The number of hydrogen-bond donors (Lipinski definition) is 2. The van der Waals surface area contributed by atoms with Crippen molar-refractivity contribution in [2.45, 2.75) is 6.42 Å². The van der Waals surface area contributed by atoms with E-state index in [-0.39, 0.29) is 18.9 Å². The maximum absolute atomic E-state index is 11.7. The number of hydrogen-bond acceptors (Lipinski definition) is 5. The number of para-hydroxylation sites is 2. The number of fused-ring (bicyclic) bond motifs is 1. The molecule has 1 aromatic carbocycles. The molecule has 1 aromatic heterocycles. The summed E-state index contributed by atoms with van der Waals surface area (Å²) in [7, 11) is 0. The Kier molecular flexibility index (Phi) is 3.11. The van der Waals surface area contributed by atoms with Crippen molar-refractivity contribution in [1.82, 2.24) is 4.98 Å². The molecule has 0 atom stereocenters. The molecule has 0 radical (unpaired) electrons. The number of carboxylic acid groups (broad SMARTS) is 1. The van der Waals surface area contributed by atoms with Gasteiger partial charge >= 0.3 is 5.97 Å². The molecule has 2 N–H and O–H groups in total. The fourth-order valence-corrected chi connectivity index (χ4v) is 2.90. The highest BCUT2D eigenvalue weighted by molar-refractivity contribution is 7.13. The van der Waals surface area contributed by atoms with Gasteiger partial charge in [0.2, 0.25) is 5.91 Å². The average Bonchev–Trinajstić information content (AvgIpc) is 2.85. The van der Waals surface area contributed by atoms with E-state index in [4.69, 9.17) is 5.11 Å². The van der Waals surface area contributed by atoms with Crippen LogP contribution in [0.3, 0.4) is 0 Å². The Morgan fingerprint density at radius 3 is 3.05 bits per heavy atom. The molecule has 0 fully saturated rings. The largest absolute Gasteiger partial charge is 0.481 e. The summed E-state index contributed by atoms with van der Waals surface area (Å²) in [5.41, 5.74) is 2.10. The molecule has 1 aliphatic rings. The predicted octanol–water partition coefficient (Wildman–Crippen LogP) is 1.86. The SMILES string of the molecule is O=C(O)Cc1csc(N2CC(=O)Nc3ccccc32)n1. The lowest BCUT2D eigenvalue weighted by molar-refractivity contribution is -0.136. The molecule has 0 unspecified atom stereocenters. The lowest BCUT2D eigenvalue weighted by atomic mass is 10.2. The zero-order valence-electron chi connectivity index (χ0n) is 10.4. The van der Waals surface area contributed by atoms with Crippen molar-refractivity contribution in [3.63, 3.8) is 0 Å². The number of anilines is 3. The lowest BCUT2D eigenvalue weighted by Crippen LogP contribution is -2.34.